The SMILES string of the molecule is CC(=O)Cc1ncn(-c2ccccc2)n1. The molecule has 0 saturated carbocycles. The Morgan fingerprint density at radius 2 is 2.07 bits per heavy atom. The van der Waals surface area contributed by atoms with Crippen molar-refractivity contribution in [2.75, 3.05) is 0 Å². The highest BCUT2D eigenvalue weighted by molar-refractivity contribution is 5.77. The van der Waals surface area contributed by atoms with Gasteiger partial charge in [-0.05, 0) is 19.1 Å². The highest BCUT2D eigenvalue weighted by Crippen LogP contribution is 2.04. The van der Waals surface area contributed by atoms with Crippen LogP contribution in [0.4, 0.5) is 0 Å². The van der Waals surface area contributed by atoms with E-state index in [4.69, 9.17) is 0 Å². The summed E-state index contributed by atoms with van der Waals surface area (Å²) in [6, 6.07) is 9.68. The van der Waals surface area contributed by atoms with Crippen LogP contribution in [0.15, 0.2) is 36.7 Å². The third kappa shape index (κ3) is 2.28. The van der Waals surface area contributed by atoms with Crippen molar-refractivity contribution in [3.8, 4) is 5.69 Å². The highest BCUT2D eigenvalue weighted by atomic mass is 16.1. The van der Waals surface area contributed by atoms with Gasteiger partial charge in [0.1, 0.15) is 12.1 Å². The molecule has 0 bridgehead atoms. The number of Topliss-reactive ketones (excluding diaryl/α,β-unsaturated/α-hetero) is 1. The van der Waals surface area contributed by atoms with Crippen LogP contribution in [-0.2, 0) is 11.2 Å². The maximum absolute atomic E-state index is 10.9. The number of para-hydroxylation sites is 1. The van der Waals surface area contributed by atoms with Crippen molar-refractivity contribution < 1.29 is 4.79 Å². The van der Waals surface area contributed by atoms with Gasteiger partial charge in [-0.1, -0.05) is 18.2 Å². The molecule has 0 radical (unpaired) electrons. The number of carbonyl (C=O) groups is 1. The van der Waals surface area contributed by atoms with Crippen LogP contribution in [0.5, 0.6) is 0 Å². The van der Waals surface area contributed by atoms with E-state index >= 15 is 0 Å². The van der Waals surface area contributed by atoms with Gasteiger partial charge >= 0.3 is 0 Å². The first-order valence-electron chi connectivity index (χ1n) is 4.71. The lowest BCUT2D eigenvalue weighted by molar-refractivity contribution is -0.116. The van der Waals surface area contributed by atoms with E-state index in [0.29, 0.717) is 12.2 Å². The molecule has 0 aliphatic rings. The lowest BCUT2D eigenvalue weighted by atomic mass is 10.3. The average Bonchev–Trinajstić information content (AvgIpc) is 2.67. The van der Waals surface area contributed by atoms with E-state index in [9.17, 15) is 4.79 Å². The van der Waals surface area contributed by atoms with Gasteiger partial charge in [-0.2, -0.15) is 5.10 Å². The number of ketones is 1. The van der Waals surface area contributed by atoms with Gasteiger partial charge in [0.2, 0.25) is 0 Å². The van der Waals surface area contributed by atoms with E-state index in [1.165, 1.54) is 6.92 Å². The Morgan fingerprint density at radius 1 is 1.33 bits per heavy atom. The Morgan fingerprint density at radius 3 is 2.73 bits per heavy atom. The third-order valence-corrected chi connectivity index (χ3v) is 1.97. The van der Waals surface area contributed by atoms with Crippen molar-refractivity contribution in [2.45, 2.75) is 13.3 Å². The van der Waals surface area contributed by atoms with E-state index in [1.807, 2.05) is 30.3 Å². The molecule has 0 aliphatic heterocycles. The zero-order valence-electron chi connectivity index (χ0n) is 8.42. The predicted molar refractivity (Wildman–Crippen MR) is 55.7 cm³/mol. The Bertz CT molecular complexity index is 462. The standard InChI is InChI=1S/C11H11N3O/c1-9(15)7-11-12-8-14(13-11)10-5-3-2-4-6-10/h2-6,8H,7H2,1H3. The van der Waals surface area contributed by atoms with Gasteiger partial charge in [-0.25, -0.2) is 9.67 Å². The molecule has 4 heteroatoms. The fraction of sp³-hybridized carbons (Fsp3) is 0.182. The number of nitrogens with zero attached hydrogens (tertiary/aromatic N) is 3. The molecule has 1 aromatic carbocycles. The lowest BCUT2D eigenvalue weighted by Crippen LogP contribution is -2.00. The maximum atomic E-state index is 10.9. The Kier molecular flexibility index (Phi) is 2.58. The predicted octanol–water partition coefficient (Wildman–Crippen LogP) is 1.40. The average molecular weight is 201 g/mol. The largest absolute Gasteiger partial charge is 0.300 e. The summed E-state index contributed by atoms with van der Waals surface area (Å²) < 4.78 is 1.66. The number of carbonyl (C=O) groups excluding carboxylic acids is 1. The Hall–Kier alpha value is -1.97. The van der Waals surface area contributed by atoms with Gasteiger partial charge < -0.3 is 0 Å². The number of hydrogen-bond donors (Lipinski definition) is 0. The first-order valence-corrected chi connectivity index (χ1v) is 4.71. The van der Waals surface area contributed by atoms with Crippen molar-refractivity contribution in [3.05, 3.63) is 42.5 Å². The molecule has 76 valence electrons. The topological polar surface area (TPSA) is 47.8 Å². The minimum absolute atomic E-state index is 0.0702. The molecular formula is C11H11N3O. The van der Waals surface area contributed by atoms with Crippen LogP contribution in [0.3, 0.4) is 0 Å². The fourth-order valence-corrected chi connectivity index (χ4v) is 1.31. The van der Waals surface area contributed by atoms with Gasteiger partial charge in [-0.3, -0.25) is 4.79 Å². The Labute approximate surface area is 87.6 Å². The molecule has 0 saturated heterocycles. The number of benzene rings is 1. The second-order valence-electron chi connectivity index (χ2n) is 3.32. The third-order valence-electron chi connectivity index (χ3n) is 1.97. The first kappa shape index (κ1) is 9.58. The molecular weight excluding hydrogens is 190 g/mol. The fourth-order valence-electron chi connectivity index (χ4n) is 1.31. The van der Waals surface area contributed by atoms with Crippen LogP contribution in [-0.4, -0.2) is 20.5 Å². The summed E-state index contributed by atoms with van der Waals surface area (Å²) in [6.45, 7) is 1.53. The molecule has 4 nitrogen and oxygen atoms in total. The number of hydrogen-bond acceptors (Lipinski definition) is 3. The normalized spacial score (nSPS) is 10.2. The van der Waals surface area contributed by atoms with Crippen LogP contribution < -0.4 is 0 Å². The minimum Gasteiger partial charge on any atom is -0.300 e. The van der Waals surface area contributed by atoms with Gasteiger partial charge in [0.15, 0.2) is 5.82 Å². The molecule has 0 spiro atoms. The smallest absolute Gasteiger partial charge is 0.158 e. The van der Waals surface area contributed by atoms with Crippen LogP contribution in [0.2, 0.25) is 0 Å². The quantitative estimate of drug-likeness (QED) is 0.754. The van der Waals surface area contributed by atoms with Crippen LogP contribution in [0.25, 0.3) is 5.69 Å². The molecule has 1 heterocycles. The first-order chi connectivity index (χ1) is 7.25. The van der Waals surface area contributed by atoms with E-state index in [2.05, 4.69) is 10.1 Å². The van der Waals surface area contributed by atoms with Crippen molar-refractivity contribution >= 4 is 5.78 Å². The maximum Gasteiger partial charge on any atom is 0.158 e. The van der Waals surface area contributed by atoms with Crippen molar-refractivity contribution in [1.29, 1.82) is 0 Å². The molecule has 1 aromatic heterocycles. The van der Waals surface area contributed by atoms with E-state index in [1.54, 1.807) is 11.0 Å². The molecule has 0 atom stereocenters. The molecule has 2 rings (SSSR count). The second-order valence-corrected chi connectivity index (χ2v) is 3.32. The second kappa shape index (κ2) is 4.04. The summed E-state index contributed by atoms with van der Waals surface area (Å²) >= 11 is 0. The zero-order chi connectivity index (χ0) is 10.7. The Balaban J connectivity index is 2.24. The highest BCUT2D eigenvalue weighted by Gasteiger charge is 2.04. The summed E-state index contributed by atoms with van der Waals surface area (Å²) in [5.74, 6) is 0.632. The molecule has 0 aliphatic carbocycles. The van der Waals surface area contributed by atoms with E-state index < -0.39 is 0 Å². The molecule has 0 N–H and O–H groups in total. The summed E-state index contributed by atoms with van der Waals surface area (Å²) in [5, 5.41) is 4.21. The van der Waals surface area contributed by atoms with Crippen LogP contribution in [0, 0.1) is 0 Å². The summed E-state index contributed by atoms with van der Waals surface area (Å²) in [7, 11) is 0. The molecule has 2 aromatic rings. The van der Waals surface area contributed by atoms with Crippen LogP contribution in [0.1, 0.15) is 12.7 Å². The van der Waals surface area contributed by atoms with E-state index in [-0.39, 0.29) is 5.78 Å². The monoisotopic (exact) mass is 201 g/mol. The van der Waals surface area contributed by atoms with Gasteiger partial charge in [0.05, 0.1) is 12.1 Å². The van der Waals surface area contributed by atoms with E-state index in [0.717, 1.165) is 5.69 Å². The van der Waals surface area contributed by atoms with Gasteiger partial charge in [-0.15, -0.1) is 0 Å². The van der Waals surface area contributed by atoms with Gasteiger partial charge in [0.25, 0.3) is 0 Å². The number of aromatic nitrogens is 3. The van der Waals surface area contributed by atoms with Crippen molar-refractivity contribution in [1.82, 2.24) is 14.8 Å². The van der Waals surface area contributed by atoms with Crippen molar-refractivity contribution in [2.24, 2.45) is 0 Å². The van der Waals surface area contributed by atoms with Crippen molar-refractivity contribution in [3.63, 3.8) is 0 Å². The number of rotatable bonds is 3. The molecule has 15 heavy (non-hydrogen) atoms. The molecule has 0 amide bonds. The van der Waals surface area contributed by atoms with Gasteiger partial charge in [0, 0.05) is 0 Å². The van der Waals surface area contributed by atoms with Crippen LogP contribution >= 0.6 is 0 Å². The molecule has 0 unspecified atom stereocenters. The minimum atomic E-state index is 0.0702. The lowest BCUT2D eigenvalue weighted by Gasteiger charge is -1.97. The summed E-state index contributed by atoms with van der Waals surface area (Å²) in [5.41, 5.74) is 0.944. The molecule has 0 fully saturated rings. The zero-order valence-corrected chi connectivity index (χ0v) is 8.42. The summed E-state index contributed by atoms with van der Waals surface area (Å²) in [6.07, 6.45) is 1.91. The summed E-state index contributed by atoms with van der Waals surface area (Å²) in [4.78, 5) is 14.9.